The third kappa shape index (κ3) is 4.08. The fourth-order valence-corrected chi connectivity index (χ4v) is 1.25. The Hall–Kier alpha value is -0.830. The monoisotopic (exact) mass is 183 g/mol. The van der Waals surface area contributed by atoms with Crippen molar-refractivity contribution in [3.8, 4) is 0 Å². The first kappa shape index (κ1) is 10.3. The molecule has 1 N–H and O–H groups in total. The molecule has 0 aromatic rings. The lowest BCUT2D eigenvalue weighted by Crippen LogP contribution is -2.33. The van der Waals surface area contributed by atoms with Crippen LogP contribution in [0.4, 0.5) is 0 Å². The van der Waals surface area contributed by atoms with Gasteiger partial charge in [-0.05, 0) is 18.9 Å². The van der Waals surface area contributed by atoms with Gasteiger partial charge in [0.15, 0.2) is 0 Å². The molecule has 74 valence electrons. The van der Waals surface area contributed by atoms with Crippen LogP contribution >= 0.6 is 0 Å². The summed E-state index contributed by atoms with van der Waals surface area (Å²) in [5.41, 5.74) is 0. The highest BCUT2D eigenvalue weighted by atomic mass is 16.5. The van der Waals surface area contributed by atoms with Crippen LogP contribution in [0.3, 0.4) is 0 Å². The fourth-order valence-electron chi connectivity index (χ4n) is 1.25. The topological polar surface area (TPSA) is 38.3 Å². The second-order valence-electron chi connectivity index (χ2n) is 3.26. The van der Waals surface area contributed by atoms with E-state index in [0.29, 0.717) is 6.61 Å². The number of ether oxygens (including phenoxy) is 1. The molecule has 3 nitrogen and oxygen atoms in total. The number of rotatable bonds is 4. The van der Waals surface area contributed by atoms with Crippen molar-refractivity contribution >= 4 is 5.91 Å². The van der Waals surface area contributed by atoms with Crippen molar-refractivity contribution in [2.45, 2.75) is 32.2 Å². The van der Waals surface area contributed by atoms with Crippen LogP contribution in [0, 0.1) is 0 Å². The molecule has 0 bridgehead atoms. The zero-order chi connectivity index (χ0) is 9.52. The van der Waals surface area contributed by atoms with E-state index in [1.807, 2.05) is 6.08 Å². The highest BCUT2D eigenvalue weighted by Gasteiger charge is 2.15. The van der Waals surface area contributed by atoms with E-state index in [2.05, 4.69) is 12.2 Å². The summed E-state index contributed by atoms with van der Waals surface area (Å²) in [6.07, 6.45) is 6.51. The van der Waals surface area contributed by atoms with E-state index in [0.717, 1.165) is 25.9 Å². The Bertz CT molecular complexity index is 183. The van der Waals surface area contributed by atoms with Crippen molar-refractivity contribution in [1.82, 2.24) is 5.32 Å². The molecule has 0 saturated carbocycles. The normalized spacial score (nSPS) is 22.4. The first-order valence-corrected chi connectivity index (χ1v) is 4.87. The van der Waals surface area contributed by atoms with Gasteiger partial charge in [-0.2, -0.15) is 0 Å². The first-order valence-electron chi connectivity index (χ1n) is 4.87. The number of hydrogen-bond donors (Lipinski definition) is 1. The molecule has 13 heavy (non-hydrogen) atoms. The van der Waals surface area contributed by atoms with Crippen LogP contribution in [0.15, 0.2) is 12.2 Å². The molecule has 1 saturated heterocycles. The second kappa shape index (κ2) is 5.75. The Morgan fingerprint density at radius 2 is 2.54 bits per heavy atom. The van der Waals surface area contributed by atoms with Crippen LogP contribution < -0.4 is 5.32 Å². The Kier molecular flexibility index (Phi) is 4.54. The lowest BCUT2D eigenvalue weighted by molar-refractivity contribution is -0.117. The molecule has 1 atom stereocenters. The van der Waals surface area contributed by atoms with Crippen LogP contribution in [-0.4, -0.2) is 25.2 Å². The number of nitrogens with one attached hydrogen (secondary N) is 1. The zero-order valence-electron chi connectivity index (χ0n) is 8.08. The second-order valence-corrected chi connectivity index (χ2v) is 3.26. The molecule has 1 aliphatic heterocycles. The summed E-state index contributed by atoms with van der Waals surface area (Å²) in [6.45, 7) is 3.52. The van der Waals surface area contributed by atoms with Crippen LogP contribution in [0.1, 0.15) is 26.2 Å². The maximum Gasteiger partial charge on any atom is 0.243 e. The Balaban J connectivity index is 2.16. The maximum atomic E-state index is 11.2. The van der Waals surface area contributed by atoms with E-state index < -0.39 is 0 Å². The van der Waals surface area contributed by atoms with Gasteiger partial charge in [0, 0.05) is 6.61 Å². The minimum absolute atomic E-state index is 0.00366. The molecule has 0 aromatic heterocycles. The predicted octanol–water partition coefficient (Wildman–Crippen LogP) is 1.25. The molecule has 1 fully saturated rings. The van der Waals surface area contributed by atoms with Crippen molar-refractivity contribution in [2.24, 2.45) is 0 Å². The third-order valence-corrected chi connectivity index (χ3v) is 2.00. The minimum Gasteiger partial charge on any atom is -0.379 e. The maximum absolute atomic E-state index is 11.2. The average Bonchev–Trinajstić information content (AvgIpc) is 2.57. The molecular formula is C10H17NO2. The largest absolute Gasteiger partial charge is 0.379 e. The van der Waals surface area contributed by atoms with E-state index in [9.17, 15) is 4.79 Å². The van der Waals surface area contributed by atoms with Crippen LogP contribution in [0.5, 0.6) is 0 Å². The predicted molar refractivity (Wildman–Crippen MR) is 51.4 cm³/mol. The highest BCUT2D eigenvalue weighted by Crippen LogP contribution is 2.02. The summed E-state index contributed by atoms with van der Waals surface area (Å²) in [5, 5.41) is 2.89. The van der Waals surface area contributed by atoms with Gasteiger partial charge in [0.25, 0.3) is 0 Å². The Morgan fingerprint density at radius 1 is 1.69 bits per heavy atom. The van der Waals surface area contributed by atoms with Gasteiger partial charge in [0.2, 0.25) is 5.91 Å². The number of amides is 1. The van der Waals surface area contributed by atoms with Crippen molar-refractivity contribution in [3.05, 3.63) is 12.2 Å². The van der Waals surface area contributed by atoms with E-state index >= 15 is 0 Å². The van der Waals surface area contributed by atoms with Crippen molar-refractivity contribution < 1.29 is 9.53 Å². The zero-order valence-corrected chi connectivity index (χ0v) is 8.08. The number of unbranched alkanes of at least 4 members (excludes halogenated alkanes) is 1. The van der Waals surface area contributed by atoms with Gasteiger partial charge >= 0.3 is 0 Å². The van der Waals surface area contributed by atoms with Crippen molar-refractivity contribution in [1.29, 1.82) is 0 Å². The number of hydrogen-bond acceptors (Lipinski definition) is 2. The lowest BCUT2D eigenvalue weighted by atomic mass is 10.2. The molecule has 1 rings (SSSR count). The van der Waals surface area contributed by atoms with E-state index in [4.69, 9.17) is 4.74 Å². The van der Waals surface area contributed by atoms with Gasteiger partial charge in [-0.25, -0.2) is 0 Å². The van der Waals surface area contributed by atoms with Gasteiger partial charge in [-0.15, -0.1) is 0 Å². The molecule has 0 aromatic carbocycles. The summed E-state index contributed by atoms with van der Waals surface area (Å²) >= 11 is 0. The van der Waals surface area contributed by atoms with E-state index in [-0.39, 0.29) is 11.9 Å². The lowest BCUT2D eigenvalue weighted by Gasteiger charge is -2.07. The van der Waals surface area contributed by atoms with Crippen LogP contribution in [-0.2, 0) is 9.53 Å². The van der Waals surface area contributed by atoms with Gasteiger partial charge in [0.05, 0.1) is 12.6 Å². The number of allylic oxidation sites excluding steroid dienone is 1. The minimum atomic E-state index is 0.00366. The van der Waals surface area contributed by atoms with E-state index in [1.165, 1.54) is 0 Å². The quantitative estimate of drug-likeness (QED) is 0.666. The number of carbonyl (C=O) groups excluding carboxylic acids is 1. The summed E-state index contributed by atoms with van der Waals surface area (Å²) in [4.78, 5) is 11.2. The fraction of sp³-hybridized carbons (Fsp3) is 0.700. The van der Waals surface area contributed by atoms with Gasteiger partial charge in [-0.1, -0.05) is 19.4 Å². The van der Waals surface area contributed by atoms with Gasteiger partial charge < -0.3 is 10.1 Å². The third-order valence-electron chi connectivity index (χ3n) is 2.00. The van der Waals surface area contributed by atoms with Crippen LogP contribution in [0.2, 0.25) is 0 Å². The van der Waals surface area contributed by atoms with Crippen molar-refractivity contribution in [3.63, 3.8) is 0 Å². The van der Waals surface area contributed by atoms with Crippen LogP contribution in [0.25, 0.3) is 0 Å². The molecule has 1 aliphatic rings. The van der Waals surface area contributed by atoms with Crippen molar-refractivity contribution in [2.75, 3.05) is 13.2 Å². The molecule has 1 heterocycles. The summed E-state index contributed by atoms with van der Waals surface area (Å²) < 4.78 is 5.14. The smallest absolute Gasteiger partial charge is 0.243 e. The molecule has 0 aliphatic carbocycles. The standard InChI is InChI=1S/C10H17NO2/c1-2-3-4-5-10(12)11-9-6-7-13-8-9/h4-5,9H,2-3,6-8H2,1H3,(H,11,12). The Morgan fingerprint density at radius 3 is 3.15 bits per heavy atom. The highest BCUT2D eigenvalue weighted by molar-refractivity contribution is 5.87. The molecule has 1 unspecified atom stereocenters. The van der Waals surface area contributed by atoms with E-state index in [1.54, 1.807) is 6.08 Å². The summed E-state index contributed by atoms with van der Waals surface area (Å²) in [6, 6.07) is 0.221. The molecule has 3 heteroatoms. The van der Waals surface area contributed by atoms with Gasteiger partial charge in [0.1, 0.15) is 0 Å². The van der Waals surface area contributed by atoms with Gasteiger partial charge in [-0.3, -0.25) is 4.79 Å². The number of carbonyl (C=O) groups is 1. The molecule has 0 spiro atoms. The first-order chi connectivity index (χ1) is 6.33. The Labute approximate surface area is 79.2 Å². The molecule has 0 radical (unpaired) electrons. The SMILES string of the molecule is CCCC=CC(=O)NC1CCOC1. The summed E-state index contributed by atoms with van der Waals surface area (Å²) in [5.74, 6) is 0.00366. The summed E-state index contributed by atoms with van der Waals surface area (Å²) in [7, 11) is 0. The average molecular weight is 183 g/mol. The molecule has 1 amide bonds. The molecular weight excluding hydrogens is 166 g/mol.